The summed E-state index contributed by atoms with van der Waals surface area (Å²) in [5.74, 6) is -0.537. The number of methoxy groups -OCH3 is 1. The number of benzene rings is 1. The molecule has 8 nitrogen and oxygen atoms in total. The third kappa shape index (κ3) is 3.28. The van der Waals surface area contributed by atoms with Crippen molar-refractivity contribution in [1.29, 1.82) is 0 Å². The molecule has 0 radical (unpaired) electrons. The Kier molecular flexibility index (Phi) is 4.57. The van der Waals surface area contributed by atoms with Crippen molar-refractivity contribution in [2.24, 2.45) is 0 Å². The molecule has 2 N–H and O–H groups in total. The highest BCUT2D eigenvalue weighted by atomic mass is 16.5. The summed E-state index contributed by atoms with van der Waals surface area (Å²) in [6, 6.07) is 5.80. The molecule has 1 aromatic carbocycles. The van der Waals surface area contributed by atoms with E-state index in [0.717, 1.165) is 25.0 Å². The number of amides is 3. The van der Waals surface area contributed by atoms with Gasteiger partial charge in [0.05, 0.1) is 42.6 Å². The van der Waals surface area contributed by atoms with Gasteiger partial charge in [-0.2, -0.15) is 0 Å². The van der Waals surface area contributed by atoms with Gasteiger partial charge >= 0.3 is 12.0 Å². The highest BCUT2D eigenvalue weighted by Gasteiger charge is 2.41. The average Bonchev–Trinajstić information content (AvgIpc) is 3.29. The van der Waals surface area contributed by atoms with Gasteiger partial charge in [-0.25, -0.2) is 9.59 Å². The number of nitrogens with zero attached hydrogens (tertiary/aromatic N) is 1. The first-order valence-electron chi connectivity index (χ1n) is 8.96. The van der Waals surface area contributed by atoms with Gasteiger partial charge in [0.15, 0.2) is 0 Å². The first-order valence-corrected chi connectivity index (χ1v) is 8.96. The number of carbonyl (C=O) groups is 3. The van der Waals surface area contributed by atoms with Gasteiger partial charge in [-0.15, -0.1) is 0 Å². The standard InChI is InChI=1S/C19H21N3O5/c1-26-18(24)12-6-4-11(5-7-12)16-15-14(20-19(25)21-16)10-22(17(15)23)9-13-3-2-8-27-13/h4-7,13,16H,2-3,8-10H2,1H3,(H2,20,21,25). The van der Waals surface area contributed by atoms with Gasteiger partial charge in [-0.1, -0.05) is 12.1 Å². The summed E-state index contributed by atoms with van der Waals surface area (Å²) in [5.41, 5.74) is 2.31. The predicted molar refractivity (Wildman–Crippen MR) is 94.8 cm³/mol. The minimum absolute atomic E-state index is 0.0525. The van der Waals surface area contributed by atoms with E-state index >= 15 is 0 Å². The maximum atomic E-state index is 13.0. The van der Waals surface area contributed by atoms with Crippen LogP contribution in [0.5, 0.6) is 0 Å². The molecule has 1 saturated heterocycles. The number of ether oxygens (including phenoxy) is 2. The van der Waals surface area contributed by atoms with Gasteiger partial charge in [-0.05, 0) is 30.5 Å². The Hall–Kier alpha value is -2.87. The Morgan fingerprint density at radius 2 is 2.07 bits per heavy atom. The Morgan fingerprint density at radius 3 is 2.74 bits per heavy atom. The van der Waals surface area contributed by atoms with Crippen molar-refractivity contribution in [1.82, 2.24) is 15.5 Å². The van der Waals surface area contributed by atoms with Crippen LogP contribution in [-0.2, 0) is 14.3 Å². The fraction of sp³-hybridized carbons (Fsp3) is 0.421. The van der Waals surface area contributed by atoms with Crippen LogP contribution in [0, 0.1) is 0 Å². The highest BCUT2D eigenvalue weighted by molar-refractivity contribution is 6.01. The van der Waals surface area contributed by atoms with Crippen LogP contribution >= 0.6 is 0 Å². The lowest BCUT2D eigenvalue weighted by Crippen LogP contribution is -2.44. The molecule has 1 fully saturated rings. The quantitative estimate of drug-likeness (QED) is 0.773. The van der Waals surface area contributed by atoms with Gasteiger partial charge in [0.25, 0.3) is 5.91 Å². The molecule has 3 aliphatic rings. The Morgan fingerprint density at radius 1 is 1.30 bits per heavy atom. The minimum Gasteiger partial charge on any atom is -0.465 e. The zero-order chi connectivity index (χ0) is 19.0. The fourth-order valence-corrected chi connectivity index (χ4v) is 3.79. The maximum Gasteiger partial charge on any atom is 0.337 e. The summed E-state index contributed by atoms with van der Waals surface area (Å²) < 4.78 is 10.3. The van der Waals surface area contributed by atoms with Crippen LogP contribution in [0.4, 0.5) is 4.79 Å². The van der Waals surface area contributed by atoms with Crippen molar-refractivity contribution in [3.63, 3.8) is 0 Å². The molecule has 8 heteroatoms. The van der Waals surface area contributed by atoms with E-state index in [1.54, 1.807) is 29.2 Å². The van der Waals surface area contributed by atoms with E-state index in [1.807, 2.05) is 0 Å². The van der Waals surface area contributed by atoms with Crippen LogP contribution in [-0.4, -0.2) is 55.7 Å². The largest absolute Gasteiger partial charge is 0.465 e. The summed E-state index contributed by atoms with van der Waals surface area (Å²) in [4.78, 5) is 38.4. The van der Waals surface area contributed by atoms with Gasteiger partial charge in [-0.3, -0.25) is 4.79 Å². The van der Waals surface area contributed by atoms with Crippen LogP contribution in [0.25, 0.3) is 0 Å². The SMILES string of the molecule is COC(=O)c1ccc(C2NC(=O)NC3=C2C(=O)N(CC2CCCO2)C3)cc1. The number of esters is 1. The lowest BCUT2D eigenvalue weighted by atomic mass is 9.95. The van der Waals surface area contributed by atoms with Gasteiger partial charge in [0.1, 0.15) is 0 Å². The molecular formula is C19H21N3O5. The summed E-state index contributed by atoms with van der Waals surface area (Å²) in [6.07, 6.45) is 2.00. The highest BCUT2D eigenvalue weighted by Crippen LogP contribution is 2.33. The van der Waals surface area contributed by atoms with E-state index in [2.05, 4.69) is 10.6 Å². The fourth-order valence-electron chi connectivity index (χ4n) is 3.79. The van der Waals surface area contributed by atoms with Crippen molar-refractivity contribution in [2.45, 2.75) is 25.0 Å². The number of carbonyl (C=O) groups excluding carboxylic acids is 3. The number of hydrogen-bond donors (Lipinski definition) is 2. The molecular weight excluding hydrogens is 350 g/mol. The normalized spacial score (nSPS) is 24.6. The summed E-state index contributed by atoms with van der Waals surface area (Å²) in [5, 5.41) is 5.56. The van der Waals surface area contributed by atoms with Crippen molar-refractivity contribution < 1.29 is 23.9 Å². The van der Waals surface area contributed by atoms with Crippen LogP contribution in [0.1, 0.15) is 34.8 Å². The van der Waals surface area contributed by atoms with Crippen molar-refractivity contribution in [2.75, 3.05) is 26.8 Å². The topological polar surface area (TPSA) is 97.0 Å². The number of rotatable bonds is 4. The summed E-state index contributed by atoms with van der Waals surface area (Å²) in [7, 11) is 1.32. The molecule has 4 rings (SSSR count). The van der Waals surface area contributed by atoms with E-state index in [0.29, 0.717) is 29.9 Å². The van der Waals surface area contributed by atoms with E-state index < -0.39 is 12.0 Å². The molecule has 0 aliphatic carbocycles. The van der Waals surface area contributed by atoms with E-state index in [9.17, 15) is 14.4 Å². The molecule has 2 unspecified atom stereocenters. The molecule has 27 heavy (non-hydrogen) atoms. The van der Waals surface area contributed by atoms with Crippen LogP contribution in [0.3, 0.4) is 0 Å². The Bertz CT molecular complexity index is 811. The first-order chi connectivity index (χ1) is 13.1. The molecule has 142 valence electrons. The average molecular weight is 371 g/mol. The van der Waals surface area contributed by atoms with E-state index in [1.165, 1.54) is 7.11 Å². The molecule has 2 atom stereocenters. The lowest BCUT2D eigenvalue weighted by Gasteiger charge is -2.25. The molecule has 1 aromatic rings. The van der Waals surface area contributed by atoms with Crippen LogP contribution < -0.4 is 10.6 Å². The minimum atomic E-state index is -0.553. The second-order valence-corrected chi connectivity index (χ2v) is 6.86. The molecule has 3 heterocycles. The van der Waals surface area contributed by atoms with Gasteiger partial charge < -0.3 is 25.0 Å². The summed E-state index contributed by atoms with van der Waals surface area (Å²) in [6.45, 7) is 1.63. The predicted octanol–water partition coefficient (Wildman–Crippen LogP) is 1.10. The molecule has 3 aliphatic heterocycles. The maximum absolute atomic E-state index is 13.0. The Labute approximate surface area is 156 Å². The third-order valence-electron chi connectivity index (χ3n) is 5.13. The van der Waals surface area contributed by atoms with Crippen molar-refractivity contribution in [3.8, 4) is 0 Å². The molecule has 0 spiro atoms. The second-order valence-electron chi connectivity index (χ2n) is 6.86. The molecule has 3 amide bonds. The zero-order valence-electron chi connectivity index (χ0n) is 15.0. The van der Waals surface area contributed by atoms with Gasteiger partial charge in [0, 0.05) is 13.2 Å². The van der Waals surface area contributed by atoms with Crippen LogP contribution in [0.2, 0.25) is 0 Å². The lowest BCUT2D eigenvalue weighted by molar-refractivity contribution is -0.127. The summed E-state index contributed by atoms with van der Waals surface area (Å²) >= 11 is 0. The molecule has 0 saturated carbocycles. The first kappa shape index (κ1) is 17.5. The van der Waals surface area contributed by atoms with E-state index in [-0.39, 0.29) is 18.0 Å². The number of nitrogens with one attached hydrogen (secondary N) is 2. The van der Waals surface area contributed by atoms with Crippen molar-refractivity contribution in [3.05, 3.63) is 46.7 Å². The smallest absolute Gasteiger partial charge is 0.337 e. The monoisotopic (exact) mass is 371 g/mol. The van der Waals surface area contributed by atoms with Crippen LogP contribution in [0.15, 0.2) is 35.5 Å². The Balaban J connectivity index is 1.57. The molecule has 0 bridgehead atoms. The number of urea groups is 1. The third-order valence-corrected chi connectivity index (χ3v) is 5.13. The van der Waals surface area contributed by atoms with Gasteiger partial charge in [0.2, 0.25) is 0 Å². The second kappa shape index (κ2) is 7.03. The van der Waals surface area contributed by atoms with Crippen molar-refractivity contribution >= 4 is 17.9 Å². The zero-order valence-corrected chi connectivity index (χ0v) is 15.0. The number of hydrogen-bond acceptors (Lipinski definition) is 5. The van der Waals surface area contributed by atoms with E-state index in [4.69, 9.17) is 9.47 Å². The molecule has 0 aromatic heterocycles.